The number of imidazole rings is 1. The van der Waals surface area contributed by atoms with Crippen molar-refractivity contribution in [3.63, 3.8) is 0 Å². The van der Waals surface area contributed by atoms with E-state index in [-0.39, 0.29) is 11.8 Å². The molecule has 6 heteroatoms. The molecule has 3 rings (SSSR count). The number of rotatable bonds is 2. The van der Waals surface area contributed by atoms with Crippen LogP contribution in [0.25, 0.3) is 0 Å². The van der Waals surface area contributed by atoms with Crippen molar-refractivity contribution in [2.45, 2.75) is 33.1 Å². The van der Waals surface area contributed by atoms with Crippen LogP contribution < -0.4 is 5.32 Å². The number of aryl methyl sites for hydroxylation is 3. The minimum Gasteiger partial charge on any atom is -0.360 e. The van der Waals surface area contributed by atoms with Crippen molar-refractivity contribution in [2.24, 2.45) is 5.92 Å². The predicted molar refractivity (Wildman–Crippen MR) is 68.7 cm³/mol. The number of fused-ring (bicyclic) bond motifs is 1. The normalized spacial score (nSPS) is 18.1. The first-order chi connectivity index (χ1) is 9.11. The van der Waals surface area contributed by atoms with E-state index in [1.54, 1.807) is 13.0 Å². The van der Waals surface area contributed by atoms with Gasteiger partial charge in [0.25, 0.3) is 0 Å². The number of anilines is 1. The van der Waals surface area contributed by atoms with Crippen LogP contribution >= 0.6 is 0 Å². The summed E-state index contributed by atoms with van der Waals surface area (Å²) in [6.07, 6.45) is 2.37. The largest absolute Gasteiger partial charge is 0.360 e. The van der Waals surface area contributed by atoms with Crippen LogP contribution in [0, 0.1) is 19.8 Å². The lowest BCUT2D eigenvalue weighted by Gasteiger charge is -2.19. The van der Waals surface area contributed by atoms with Crippen LogP contribution in [0.3, 0.4) is 0 Å². The van der Waals surface area contributed by atoms with Crippen molar-refractivity contribution in [2.75, 3.05) is 5.32 Å². The molecule has 0 aliphatic heterocycles. The Balaban J connectivity index is 1.69. The van der Waals surface area contributed by atoms with E-state index in [1.165, 1.54) is 0 Å². The summed E-state index contributed by atoms with van der Waals surface area (Å²) in [7, 11) is 0. The highest BCUT2D eigenvalue weighted by Crippen LogP contribution is 2.25. The molecule has 0 saturated heterocycles. The summed E-state index contributed by atoms with van der Waals surface area (Å²) in [5, 5.41) is 6.56. The minimum absolute atomic E-state index is 0.00815. The van der Waals surface area contributed by atoms with Gasteiger partial charge in [0, 0.05) is 24.1 Å². The maximum atomic E-state index is 12.2. The summed E-state index contributed by atoms with van der Waals surface area (Å²) in [5.74, 6) is 2.04. The average molecular weight is 260 g/mol. The molecule has 0 radical (unpaired) electrons. The average Bonchev–Trinajstić information content (AvgIpc) is 2.93. The summed E-state index contributed by atoms with van der Waals surface area (Å²) in [4.78, 5) is 19.8. The lowest BCUT2D eigenvalue weighted by Crippen LogP contribution is -2.28. The van der Waals surface area contributed by atoms with Crippen molar-refractivity contribution in [1.29, 1.82) is 0 Å². The van der Waals surface area contributed by atoms with Gasteiger partial charge in [-0.3, -0.25) is 4.79 Å². The SMILES string of the molecule is Cc1nc2c([nH]1)C[C@H](C(=O)Nc1cc(C)on1)CC2. The quantitative estimate of drug-likeness (QED) is 0.861. The van der Waals surface area contributed by atoms with E-state index >= 15 is 0 Å². The van der Waals surface area contributed by atoms with Crippen molar-refractivity contribution in [3.8, 4) is 0 Å². The number of nitrogens with one attached hydrogen (secondary N) is 2. The van der Waals surface area contributed by atoms with Crippen LogP contribution in [-0.4, -0.2) is 21.0 Å². The molecular formula is C13H16N4O2. The number of aromatic nitrogens is 3. The summed E-state index contributed by atoms with van der Waals surface area (Å²) in [5.41, 5.74) is 2.18. The fourth-order valence-corrected chi connectivity index (χ4v) is 2.50. The van der Waals surface area contributed by atoms with Gasteiger partial charge in [-0.05, 0) is 26.7 Å². The molecule has 0 fully saturated rings. The summed E-state index contributed by atoms with van der Waals surface area (Å²) in [6.45, 7) is 3.73. The number of aromatic amines is 1. The van der Waals surface area contributed by atoms with Crippen molar-refractivity contribution in [1.82, 2.24) is 15.1 Å². The Labute approximate surface area is 110 Å². The maximum absolute atomic E-state index is 12.2. The first-order valence-electron chi connectivity index (χ1n) is 6.40. The Bertz CT molecular complexity index is 614. The second-order valence-corrected chi connectivity index (χ2v) is 5.00. The number of nitrogens with zero attached hydrogens (tertiary/aromatic N) is 2. The van der Waals surface area contributed by atoms with Crippen molar-refractivity contribution in [3.05, 3.63) is 29.0 Å². The minimum atomic E-state index is -0.0376. The summed E-state index contributed by atoms with van der Waals surface area (Å²) in [6, 6.07) is 1.71. The van der Waals surface area contributed by atoms with E-state index in [0.717, 1.165) is 30.1 Å². The number of amides is 1. The highest BCUT2D eigenvalue weighted by Gasteiger charge is 2.27. The first-order valence-corrected chi connectivity index (χ1v) is 6.40. The van der Waals surface area contributed by atoms with E-state index in [1.807, 2.05) is 6.92 Å². The number of carbonyl (C=O) groups excluding carboxylic acids is 1. The summed E-state index contributed by atoms with van der Waals surface area (Å²) >= 11 is 0. The van der Waals surface area contributed by atoms with Crippen molar-refractivity contribution >= 4 is 11.7 Å². The van der Waals surface area contributed by atoms with Gasteiger partial charge in [-0.2, -0.15) is 0 Å². The van der Waals surface area contributed by atoms with Gasteiger partial charge in [-0.25, -0.2) is 4.98 Å². The molecule has 0 unspecified atom stereocenters. The molecule has 0 saturated carbocycles. The Morgan fingerprint density at radius 2 is 2.37 bits per heavy atom. The first kappa shape index (κ1) is 12.0. The molecule has 1 aliphatic rings. The summed E-state index contributed by atoms with van der Waals surface area (Å²) < 4.78 is 4.93. The van der Waals surface area contributed by atoms with Gasteiger partial charge in [-0.1, -0.05) is 5.16 Å². The van der Waals surface area contributed by atoms with E-state index in [2.05, 4.69) is 20.4 Å². The van der Waals surface area contributed by atoms with E-state index < -0.39 is 0 Å². The second kappa shape index (κ2) is 4.53. The van der Waals surface area contributed by atoms with E-state index in [0.29, 0.717) is 18.0 Å². The Hall–Kier alpha value is -2.11. The van der Waals surface area contributed by atoms with Gasteiger partial charge < -0.3 is 14.8 Å². The molecule has 100 valence electrons. The van der Waals surface area contributed by atoms with Gasteiger partial charge in [-0.15, -0.1) is 0 Å². The molecule has 6 nitrogen and oxygen atoms in total. The second-order valence-electron chi connectivity index (χ2n) is 5.00. The lowest BCUT2D eigenvalue weighted by atomic mass is 9.89. The van der Waals surface area contributed by atoms with E-state index in [4.69, 9.17) is 4.52 Å². The van der Waals surface area contributed by atoms with Gasteiger partial charge in [0.05, 0.1) is 5.69 Å². The molecule has 19 heavy (non-hydrogen) atoms. The van der Waals surface area contributed by atoms with Crippen LogP contribution in [0.4, 0.5) is 5.82 Å². The fraction of sp³-hybridized carbons (Fsp3) is 0.462. The third-order valence-corrected chi connectivity index (χ3v) is 3.41. The van der Waals surface area contributed by atoms with Crippen LogP contribution in [0.15, 0.2) is 10.6 Å². The predicted octanol–water partition coefficient (Wildman–Crippen LogP) is 1.76. The Morgan fingerprint density at radius 3 is 3.11 bits per heavy atom. The van der Waals surface area contributed by atoms with Crippen LogP contribution in [-0.2, 0) is 17.6 Å². The molecule has 2 heterocycles. The Morgan fingerprint density at radius 1 is 1.53 bits per heavy atom. The number of hydrogen-bond acceptors (Lipinski definition) is 4. The van der Waals surface area contributed by atoms with Crippen molar-refractivity contribution < 1.29 is 9.32 Å². The van der Waals surface area contributed by atoms with Crippen LogP contribution in [0.5, 0.6) is 0 Å². The van der Waals surface area contributed by atoms with Gasteiger partial charge in [0.15, 0.2) is 5.82 Å². The van der Waals surface area contributed by atoms with Crippen LogP contribution in [0.1, 0.15) is 29.4 Å². The molecule has 0 spiro atoms. The third kappa shape index (κ3) is 2.38. The highest BCUT2D eigenvalue weighted by atomic mass is 16.5. The molecule has 1 aliphatic carbocycles. The van der Waals surface area contributed by atoms with Gasteiger partial charge >= 0.3 is 0 Å². The van der Waals surface area contributed by atoms with Gasteiger partial charge in [0.2, 0.25) is 5.91 Å². The molecular weight excluding hydrogens is 244 g/mol. The monoisotopic (exact) mass is 260 g/mol. The molecule has 2 aromatic rings. The number of hydrogen-bond donors (Lipinski definition) is 2. The molecule has 1 atom stereocenters. The zero-order valence-electron chi connectivity index (χ0n) is 11.0. The lowest BCUT2D eigenvalue weighted by molar-refractivity contribution is -0.120. The standard InChI is InChI=1S/C13H16N4O2/c1-7-5-12(17-19-7)16-13(18)9-3-4-10-11(6-9)15-8(2)14-10/h5,9H,3-4,6H2,1-2H3,(H,14,15)(H,16,17,18)/t9-/m1/s1. The zero-order valence-corrected chi connectivity index (χ0v) is 11.0. The van der Waals surface area contributed by atoms with Gasteiger partial charge in [0.1, 0.15) is 11.6 Å². The fourth-order valence-electron chi connectivity index (χ4n) is 2.50. The maximum Gasteiger partial charge on any atom is 0.229 e. The molecule has 2 N–H and O–H groups in total. The topological polar surface area (TPSA) is 83.8 Å². The Kier molecular flexibility index (Phi) is 2.85. The molecule has 2 aromatic heterocycles. The molecule has 1 amide bonds. The number of H-pyrrole nitrogens is 1. The smallest absolute Gasteiger partial charge is 0.229 e. The number of carbonyl (C=O) groups is 1. The third-order valence-electron chi connectivity index (χ3n) is 3.41. The molecule has 0 aromatic carbocycles. The zero-order chi connectivity index (χ0) is 13.4. The van der Waals surface area contributed by atoms with E-state index in [9.17, 15) is 4.79 Å². The van der Waals surface area contributed by atoms with Crippen LogP contribution in [0.2, 0.25) is 0 Å². The molecule has 0 bridgehead atoms. The highest BCUT2D eigenvalue weighted by molar-refractivity contribution is 5.91.